The monoisotopic (exact) mass is 423 g/mol. The molecular weight excluding hydrogens is 398 g/mol. The van der Waals surface area contributed by atoms with Crippen molar-refractivity contribution in [3.8, 4) is 0 Å². The molecule has 1 amide bonds. The predicted octanol–water partition coefficient (Wildman–Crippen LogP) is 4.63. The third-order valence-corrected chi connectivity index (χ3v) is 5.00. The van der Waals surface area contributed by atoms with Crippen molar-refractivity contribution >= 4 is 29.2 Å². The van der Waals surface area contributed by atoms with Crippen LogP contribution in [-0.4, -0.2) is 28.4 Å². The van der Waals surface area contributed by atoms with Crippen molar-refractivity contribution < 1.29 is 4.79 Å². The average Bonchev–Trinajstić information content (AvgIpc) is 3.27. The van der Waals surface area contributed by atoms with Gasteiger partial charge in [0.05, 0.1) is 6.33 Å². The zero-order valence-corrected chi connectivity index (χ0v) is 18.0. The number of H-pyrrole nitrogens is 1. The molecule has 0 bridgehead atoms. The van der Waals surface area contributed by atoms with Crippen molar-refractivity contribution in [1.82, 2.24) is 15.3 Å². The molecule has 30 heavy (non-hydrogen) atoms. The highest BCUT2D eigenvalue weighted by atomic mass is 35.5. The van der Waals surface area contributed by atoms with Gasteiger partial charge < -0.3 is 10.3 Å². The number of guanidine groups is 1. The van der Waals surface area contributed by atoms with Gasteiger partial charge >= 0.3 is 0 Å². The second-order valence-electron chi connectivity index (χ2n) is 6.81. The van der Waals surface area contributed by atoms with Crippen molar-refractivity contribution in [2.24, 2.45) is 4.99 Å². The first-order valence-corrected chi connectivity index (χ1v) is 10.4. The Morgan fingerprint density at radius 3 is 2.50 bits per heavy atom. The number of amides is 1. The van der Waals surface area contributed by atoms with Gasteiger partial charge in [0.25, 0.3) is 5.91 Å². The minimum absolute atomic E-state index is 0.266. The third-order valence-electron chi connectivity index (χ3n) is 4.77. The van der Waals surface area contributed by atoms with Crippen LogP contribution in [0.15, 0.2) is 60.0 Å². The van der Waals surface area contributed by atoms with Crippen LogP contribution in [0, 0.1) is 0 Å². The zero-order chi connectivity index (χ0) is 21.3. The molecule has 6 nitrogen and oxygen atoms in total. The number of para-hydroxylation sites is 1. The summed E-state index contributed by atoms with van der Waals surface area (Å²) in [6.45, 7) is 4.72. The Labute approximate surface area is 181 Å². The molecule has 0 spiro atoms. The zero-order valence-electron chi connectivity index (χ0n) is 17.2. The molecule has 3 aromatic rings. The maximum Gasteiger partial charge on any atom is 0.258 e. The molecule has 0 fully saturated rings. The number of aromatic nitrogens is 2. The number of aromatic amines is 1. The van der Waals surface area contributed by atoms with E-state index >= 15 is 0 Å². The van der Waals surface area contributed by atoms with E-state index in [-0.39, 0.29) is 5.91 Å². The van der Waals surface area contributed by atoms with Crippen molar-refractivity contribution in [2.75, 3.05) is 11.9 Å². The number of carbonyl (C=O) groups excluding carboxylic acids is 1. The minimum atomic E-state index is -0.266. The van der Waals surface area contributed by atoms with Crippen molar-refractivity contribution in [1.29, 1.82) is 0 Å². The van der Waals surface area contributed by atoms with Crippen LogP contribution in [0.2, 0.25) is 5.02 Å². The Hall–Kier alpha value is -3.12. The number of carbonyl (C=O) groups is 1. The number of aryl methyl sites for hydroxylation is 2. The smallest absolute Gasteiger partial charge is 0.258 e. The van der Waals surface area contributed by atoms with Crippen LogP contribution in [0.3, 0.4) is 0 Å². The minimum Gasteiger partial charge on any atom is -0.348 e. The summed E-state index contributed by atoms with van der Waals surface area (Å²) in [5.74, 6) is 0.146. The van der Waals surface area contributed by atoms with Gasteiger partial charge in [0.1, 0.15) is 0 Å². The molecule has 0 saturated heterocycles. The molecule has 0 aliphatic rings. The van der Waals surface area contributed by atoms with Crippen LogP contribution >= 0.6 is 11.6 Å². The molecule has 1 aromatic heterocycles. The number of aliphatic imine (C=N–C) groups is 1. The number of nitrogens with zero attached hydrogens (tertiary/aromatic N) is 2. The number of benzene rings is 2. The molecule has 0 radical (unpaired) electrons. The van der Waals surface area contributed by atoms with Crippen LogP contribution in [0.1, 0.15) is 41.0 Å². The largest absolute Gasteiger partial charge is 0.348 e. The topological polar surface area (TPSA) is 82.2 Å². The number of anilines is 1. The van der Waals surface area contributed by atoms with E-state index in [1.54, 1.807) is 36.8 Å². The van der Waals surface area contributed by atoms with E-state index in [1.165, 1.54) is 11.1 Å². The first-order valence-electron chi connectivity index (χ1n) is 10.1. The van der Waals surface area contributed by atoms with E-state index in [0.29, 0.717) is 29.5 Å². The van der Waals surface area contributed by atoms with Gasteiger partial charge in [-0.25, -0.2) is 4.98 Å². The van der Waals surface area contributed by atoms with Crippen LogP contribution in [0.4, 0.5) is 5.69 Å². The second-order valence-corrected chi connectivity index (χ2v) is 7.24. The van der Waals surface area contributed by atoms with Gasteiger partial charge in [0, 0.05) is 41.1 Å². The first kappa shape index (κ1) is 21.6. The van der Waals surface area contributed by atoms with E-state index in [4.69, 9.17) is 11.6 Å². The fourth-order valence-electron chi connectivity index (χ4n) is 3.15. The lowest BCUT2D eigenvalue weighted by Gasteiger charge is -2.17. The Morgan fingerprint density at radius 1 is 1.13 bits per heavy atom. The van der Waals surface area contributed by atoms with E-state index in [2.05, 4.69) is 57.6 Å². The normalized spacial score (nSPS) is 11.4. The molecule has 2 aromatic carbocycles. The molecule has 7 heteroatoms. The van der Waals surface area contributed by atoms with E-state index in [1.807, 2.05) is 0 Å². The number of halogens is 1. The van der Waals surface area contributed by atoms with Gasteiger partial charge in [-0.15, -0.1) is 0 Å². The molecule has 0 atom stereocenters. The Balaban J connectivity index is 1.84. The highest BCUT2D eigenvalue weighted by Crippen LogP contribution is 2.22. The molecule has 3 N–H and O–H groups in total. The summed E-state index contributed by atoms with van der Waals surface area (Å²) >= 11 is 6.04. The van der Waals surface area contributed by atoms with Crippen molar-refractivity contribution in [2.45, 2.75) is 33.1 Å². The highest BCUT2D eigenvalue weighted by Gasteiger charge is 2.13. The SMILES string of the molecule is CCc1cccc(CC)c1NC(=NCCc1cnc[nH]1)NC(=O)c1cccc(Cl)c1. The number of nitrogens with one attached hydrogen (secondary N) is 3. The lowest BCUT2D eigenvalue weighted by molar-refractivity contribution is 0.0977. The van der Waals surface area contributed by atoms with Crippen molar-refractivity contribution in [3.63, 3.8) is 0 Å². The van der Waals surface area contributed by atoms with Crippen LogP contribution in [0.25, 0.3) is 0 Å². The van der Waals surface area contributed by atoms with Gasteiger partial charge in [0.15, 0.2) is 0 Å². The maximum atomic E-state index is 12.8. The van der Waals surface area contributed by atoms with E-state index < -0.39 is 0 Å². The predicted molar refractivity (Wildman–Crippen MR) is 122 cm³/mol. The summed E-state index contributed by atoms with van der Waals surface area (Å²) in [4.78, 5) is 24.5. The molecule has 1 heterocycles. The third kappa shape index (κ3) is 5.70. The summed E-state index contributed by atoms with van der Waals surface area (Å²) in [5.41, 5.74) is 4.81. The molecule has 0 saturated carbocycles. The lowest BCUT2D eigenvalue weighted by Crippen LogP contribution is -2.36. The molecule has 156 valence electrons. The Morgan fingerprint density at radius 2 is 1.87 bits per heavy atom. The molecular formula is C23H26ClN5O. The fourth-order valence-corrected chi connectivity index (χ4v) is 3.34. The number of imidazole rings is 1. The summed E-state index contributed by atoms with van der Waals surface area (Å²) < 4.78 is 0. The maximum absolute atomic E-state index is 12.8. The van der Waals surface area contributed by atoms with Crippen LogP contribution in [0.5, 0.6) is 0 Å². The lowest BCUT2D eigenvalue weighted by atomic mass is 10.0. The average molecular weight is 424 g/mol. The van der Waals surface area contributed by atoms with Crippen LogP contribution < -0.4 is 10.6 Å². The standard InChI is InChI=1S/C23H26ClN5O/c1-3-16-7-5-8-17(4-2)21(16)28-23(26-12-11-20-14-25-15-27-20)29-22(30)18-9-6-10-19(24)13-18/h5-10,13-15H,3-4,11-12H2,1-2H3,(H,25,27)(H2,26,28,29,30). The van der Waals surface area contributed by atoms with Crippen LogP contribution in [-0.2, 0) is 19.3 Å². The number of hydrogen-bond donors (Lipinski definition) is 3. The Bertz CT molecular complexity index is 992. The van der Waals surface area contributed by atoms with Gasteiger partial charge in [-0.2, -0.15) is 0 Å². The van der Waals surface area contributed by atoms with Gasteiger partial charge in [-0.05, 0) is 42.2 Å². The van der Waals surface area contributed by atoms with E-state index in [0.717, 1.165) is 24.2 Å². The summed E-state index contributed by atoms with van der Waals surface area (Å²) in [7, 11) is 0. The summed E-state index contributed by atoms with van der Waals surface area (Å²) in [5, 5.41) is 6.79. The van der Waals surface area contributed by atoms with Gasteiger partial charge in [-0.1, -0.05) is 49.7 Å². The summed E-state index contributed by atoms with van der Waals surface area (Å²) in [6, 6.07) is 13.1. The number of hydrogen-bond acceptors (Lipinski definition) is 3. The Kier molecular flexibility index (Phi) is 7.63. The van der Waals surface area contributed by atoms with Gasteiger partial charge in [0.2, 0.25) is 5.96 Å². The second kappa shape index (κ2) is 10.6. The highest BCUT2D eigenvalue weighted by molar-refractivity contribution is 6.31. The van der Waals surface area contributed by atoms with Crippen molar-refractivity contribution in [3.05, 3.63) is 82.4 Å². The van der Waals surface area contributed by atoms with Gasteiger partial charge in [-0.3, -0.25) is 15.1 Å². The molecule has 0 unspecified atom stereocenters. The van der Waals surface area contributed by atoms with E-state index in [9.17, 15) is 4.79 Å². The first-order chi connectivity index (χ1) is 14.6. The molecule has 0 aliphatic carbocycles. The summed E-state index contributed by atoms with van der Waals surface area (Å²) in [6.07, 6.45) is 5.85. The fraction of sp³-hybridized carbons (Fsp3) is 0.261. The quantitative estimate of drug-likeness (QED) is 0.382. The molecule has 0 aliphatic heterocycles. The number of rotatable bonds is 7. The molecule has 3 rings (SSSR count).